The minimum absolute atomic E-state index is 0. The molecule has 1 unspecified atom stereocenters. The Labute approximate surface area is 182 Å². The molecule has 0 aliphatic carbocycles. The van der Waals surface area contributed by atoms with Crippen LogP contribution in [-0.4, -0.2) is 42.6 Å². The molecule has 9 heteroatoms. The Hall–Kier alpha value is -0.770. The number of halogens is 3. The molecule has 4 N–H and O–H groups in total. The average molecular weight is 517 g/mol. The van der Waals surface area contributed by atoms with Crippen LogP contribution in [0.1, 0.15) is 38.9 Å². The molecule has 0 radical (unpaired) electrons. The predicted octanol–water partition coefficient (Wildman–Crippen LogP) is 3.11. The molecule has 148 valence electrons. The van der Waals surface area contributed by atoms with E-state index in [1.807, 2.05) is 20.8 Å². The van der Waals surface area contributed by atoms with E-state index in [0.717, 1.165) is 0 Å². The molecule has 1 atom stereocenters. The number of carbonyl (C=O) groups is 1. The third kappa shape index (κ3) is 10.4. The molecule has 0 aliphatic heterocycles. The minimum Gasteiger partial charge on any atom is -0.386 e. The van der Waals surface area contributed by atoms with Gasteiger partial charge >= 0.3 is 0 Å². The second-order valence-corrected chi connectivity index (χ2v) is 6.71. The van der Waals surface area contributed by atoms with E-state index >= 15 is 0 Å². The van der Waals surface area contributed by atoms with E-state index < -0.39 is 6.10 Å². The first-order chi connectivity index (χ1) is 11.8. The fourth-order valence-corrected chi connectivity index (χ4v) is 2.62. The summed E-state index contributed by atoms with van der Waals surface area (Å²) in [4.78, 5) is 16.0. The van der Waals surface area contributed by atoms with Gasteiger partial charge in [-0.3, -0.25) is 9.79 Å². The van der Waals surface area contributed by atoms with Gasteiger partial charge in [-0.15, -0.1) is 24.0 Å². The highest BCUT2D eigenvalue weighted by atomic mass is 127. The van der Waals surface area contributed by atoms with Gasteiger partial charge in [0.15, 0.2) is 5.96 Å². The molecule has 1 aromatic carbocycles. The minimum atomic E-state index is -0.823. The lowest BCUT2D eigenvalue weighted by Crippen LogP contribution is -2.40. The molecular weight excluding hydrogens is 490 g/mol. The van der Waals surface area contributed by atoms with Gasteiger partial charge in [0.1, 0.15) is 0 Å². The third-order valence-electron chi connectivity index (χ3n) is 3.13. The molecule has 0 bridgehead atoms. The number of nitrogens with one attached hydrogen (secondary N) is 3. The molecule has 26 heavy (non-hydrogen) atoms. The number of benzene rings is 1. The normalized spacial score (nSPS) is 12.3. The second kappa shape index (κ2) is 13.4. The van der Waals surface area contributed by atoms with E-state index in [2.05, 4.69) is 20.9 Å². The van der Waals surface area contributed by atoms with E-state index in [0.29, 0.717) is 41.1 Å². The molecule has 0 saturated carbocycles. The molecule has 0 saturated heterocycles. The highest BCUT2D eigenvalue weighted by Crippen LogP contribution is 2.23. The number of rotatable bonds is 8. The van der Waals surface area contributed by atoms with E-state index in [1.165, 1.54) is 0 Å². The summed E-state index contributed by atoms with van der Waals surface area (Å²) >= 11 is 11.9. The van der Waals surface area contributed by atoms with Crippen LogP contribution in [0.3, 0.4) is 0 Å². The monoisotopic (exact) mass is 516 g/mol. The lowest BCUT2D eigenvalue weighted by Gasteiger charge is -2.14. The number of carbonyl (C=O) groups excluding carboxylic acids is 1. The van der Waals surface area contributed by atoms with Crippen LogP contribution in [0.5, 0.6) is 0 Å². The molecule has 0 fully saturated rings. The highest BCUT2D eigenvalue weighted by Gasteiger charge is 2.10. The molecular formula is C17H27Cl2IN4O2. The van der Waals surface area contributed by atoms with Crippen molar-refractivity contribution >= 4 is 59.0 Å². The molecule has 0 spiro atoms. The van der Waals surface area contributed by atoms with Gasteiger partial charge in [0.05, 0.1) is 12.6 Å². The van der Waals surface area contributed by atoms with Gasteiger partial charge in [-0.25, -0.2) is 0 Å². The number of aliphatic hydroxyl groups is 1. The standard InChI is InChI=1S/C17H26Cl2N4O2.HI/c1-4-20-17(21-6-5-16(25)23-11(2)3)22-10-15(24)12-7-13(18)9-14(19)8-12;/h7-9,11,15,24H,4-6,10H2,1-3H3,(H,23,25)(H2,20,21,22);1H. The SMILES string of the molecule is CCNC(=NCC(O)c1cc(Cl)cc(Cl)c1)NCCC(=O)NC(C)C.I. The Balaban J connectivity index is 0.00000625. The van der Waals surface area contributed by atoms with Gasteiger partial charge in [-0.05, 0) is 44.5 Å². The Kier molecular flexibility index (Phi) is 13.0. The van der Waals surface area contributed by atoms with Crippen molar-refractivity contribution in [1.29, 1.82) is 0 Å². The first-order valence-electron chi connectivity index (χ1n) is 8.27. The van der Waals surface area contributed by atoms with Crippen LogP contribution in [0.15, 0.2) is 23.2 Å². The van der Waals surface area contributed by atoms with Crippen molar-refractivity contribution in [2.75, 3.05) is 19.6 Å². The van der Waals surface area contributed by atoms with Crippen molar-refractivity contribution in [3.8, 4) is 0 Å². The summed E-state index contributed by atoms with van der Waals surface area (Å²) in [6.45, 7) is 7.04. The van der Waals surface area contributed by atoms with Gasteiger partial charge in [-0.2, -0.15) is 0 Å². The van der Waals surface area contributed by atoms with E-state index in [1.54, 1.807) is 18.2 Å². The van der Waals surface area contributed by atoms with E-state index in [-0.39, 0.29) is 42.5 Å². The van der Waals surface area contributed by atoms with E-state index in [9.17, 15) is 9.90 Å². The van der Waals surface area contributed by atoms with Crippen molar-refractivity contribution < 1.29 is 9.90 Å². The predicted molar refractivity (Wildman–Crippen MR) is 119 cm³/mol. The molecule has 6 nitrogen and oxygen atoms in total. The quantitative estimate of drug-likeness (QED) is 0.243. The summed E-state index contributed by atoms with van der Waals surface area (Å²) in [6.07, 6.45) is -0.481. The summed E-state index contributed by atoms with van der Waals surface area (Å²) in [5, 5.41) is 20.2. The van der Waals surface area contributed by atoms with Crippen LogP contribution in [0, 0.1) is 0 Å². The zero-order valence-electron chi connectivity index (χ0n) is 15.2. The van der Waals surface area contributed by atoms with Crippen molar-refractivity contribution in [2.24, 2.45) is 4.99 Å². The highest BCUT2D eigenvalue weighted by molar-refractivity contribution is 14.0. The Morgan fingerprint density at radius 3 is 2.35 bits per heavy atom. The van der Waals surface area contributed by atoms with Crippen molar-refractivity contribution in [3.63, 3.8) is 0 Å². The molecule has 1 aromatic rings. The lowest BCUT2D eigenvalue weighted by molar-refractivity contribution is -0.121. The second-order valence-electron chi connectivity index (χ2n) is 5.84. The molecule has 0 heterocycles. The smallest absolute Gasteiger partial charge is 0.221 e. The summed E-state index contributed by atoms with van der Waals surface area (Å²) in [5.41, 5.74) is 0.605. The van der Waals surface area contributed by atoms with Gasteiger partial charge in [0.25, 0.3) is 0 Å². The van der Waals surface area contributed by atoms with E-state index in [4.69, 9.17) is 23.2 Å². The van der Waals surface area contributed by atoms with Crippen molar-refractivity contribution in [3.05, 3.63) is 33.8 Å². The fourth-order valence-electron chi connectivity index (χ4n) is 2.08. The Bertz CT molecular complexity index is 580. The van der Waals surface area contributed by atoms with Crippen LogP contribution in [0.4, 0.5) is 0 Å². The maximum Gasteiger partial charge on any atom is 0.221 e. The molecule has 1 rings (SSSR count). The maximum absolute atomic E-state index is 11.6. The maximum atomic E-state index is 11.6. The summed E-state index contributed by atoms with van der Waals surface area (Å²) in [7, 11) is 0. The average Bonchev–Trinajstić information content (AvgIpc) is 2.50. The van der Waals surface area contributed by atoms with Crippen molar-refractivity contribution in [2.45, 2.75) is 39.3 Å². The Morgan fingerprint density at radius 1 is 1.19 bits per heavy atom. The summed E-state index contributed by atoms with van der Waals surface area (Å²) < 4.78 is 0. The molecule has 0 aromatic heterocycles. The van der Waals surface area contributed by atoms with Gasteiger partial charge < -0.3 is 21.1 Å². The topological polar surface area (TPSA) is 85.8 Å². The van der Waals surface area contributed by atoms with Crippen molar-refractivity contribution in [1.82, 2.24) is 16.0 Å². The van der Waals surface area contributed by atoms with Crippen LogP contribution < -0.4 is 16.0 Å². The fraction of sp³-hybridized carbons (Fsp3) is 0.529. The number of aliphatic imine (C=N–C) groups is 1. The number of guanidine groups is 1. The molecule has 0 aliphatic rings. The number of hydrogen-bond donors (Lipinski definition) is 4. The molecule has 1 amide bonds. The van der Waals surface area contributed by atoms with Gasteiger partial charge in [-0.1, -0.05) is 23.2 Å². The zero-order valence-corrected chi connectivity index (χ0v) is 19.0. The first-order valence-corrected chi connectivity index (χ1v) is 9.03. The number of amides is 1. The summed E-state index contributed by atoms with van der Waals surface area (Å²) in [5.74, 6) is 0.513. The van der Waals surface area contributed by atoms with Crippen LogP contribution in [0.25, 0.3) is 0 Å². The largest absolute Gasteiger partial charge is 0.386 e. The first kappa shape index (κ1) is 25.2. The number of aliphatic hydroxyl groups excluding tert-OH is 1. The zero-order chi connectivity index (χ0) is 18.8. The number of hydrogen-bond acceptors (Lipinski definition) is 3. The van der Waals surface area contributed by atoms with Gasteiger partial charge in [0.2, 0.25) is 5.91 Å². The van der Waals surface area contributed by atoms with Crippen LogP contribution in [0.2, 0.25) is 10.0 Å². The Morgan fingerprint density at radius 2 is 1.81 bits per heavy atom. The number of nitrogens with zero attached hydrogens (tertiary/aromatic N) is 1. The third-order valence-corrected chi connectivity index (χ3v) is 3.57. The van der Waals surface area contributed by atoms with Gasteiger partial charge in [0, 0.05) is 35.6 Å². The lowest BCUT2D eigenvalue weighted by atomic mass is 10.1. The van der Waals surface area contributed by atoms with Crippen LogP contribution in [-0.2, 0) is 4.79 Å². The summed E-state index contributed by atoms with van der Waals surface area (Å²) in [6, 6.07) is 5.04. The van der Waals surface area contributed by atoms with Crippen LogP contribution >= 0.6 is 47.2 Å².